The van der Waals surface area contributed by atoms with Gasteiger partial charge in [-0.3, -0.25) is 0 Å². The van der Waals surface area contributed by atoms with Crippen molar-refractivity contribution >= 4 is 69.8 Å². The zero-order valence-electron chi connectivity index (χ0n) is 30.4. The molecule has 0 aliphatic carbocycles. The van der Waals surface area contributed by atoms with Crippen molar-refractivity contribution in [2.45, 2.75) is 33.4 Å². The molecule has 8 aromatic carbocycles. The van der Waals surface area contributed by atoms with Gasteiger partial charge in [0.05, 0.1) is 0 Å². The SMILES string of the molecule is Cc1cc2c(cc1Sc1ccccc1)-c1cc(Sc3ccccc3)c(C)cc1[Si](c1ccccc1)(c1ccccc1)[Si]2(c1ccccc1)c1ccccc1. The third-order valence-corrected chi connectivity index (χ3v) is 30.2. The molecule has 8 aromatic rings. The van der Waals surface area contributed by atoms with Gasteiger partial charge in [-0.05, 0) is 82.9 Å². The molecule has 0 unspecified atom stereocenters. The van der Waals surface area contributed by atoms with Crippen LogP contribution < -0.4 is 31.1 Å². The summed E-state index contributed by atoms with van der Waals surface area (Å²) in [6.07, 6.45) is 0. The maximum absolute atomic E-state index is 3.01. The smallest absolute Gasteiger partial charge is 0.0898 e. The highest BCUT2D eigenvalue weighted by molar-refractivity contribution is 7.99. The molecule has 0 bridgehead atoms. The van der Waals surface area contributed by atoms with Crippen molar-refractivity contribution in [1.82, 2.24) is 0 Å². The van der Waals surface area contributed by atoms with E-state index in [1.54, 1.807) is 0 Å². The van der Waals surface area contributed by atoms with Crippen LogP contribution in [0, 0.1) is 13.8 Å². The Morgan fingerprint density at radius 3 is 0.852 bits per heavy atom. The minimum atomic E-state index is -3.01. The van der Waals surface area contributed by atoms with Crippen LogP contribution in [0.2, 0.25) is 0 Å². The summed E-state index contributed by atoms with van der Waals surface area (Å²) in [4.78, 5) is 5.13. The van der Waals surface area contributed by atoms with Gasteiger partial charge in [0.15, 0.2) is 15.2 Å². The van der Waals surface area contributed by atoms with Crippen LogP contribution in [0.5, 0.6) is 0 Å². The van der Waals surface area contributed by atoms with Crippen LogP contribution in [0.1, 0.15) is 11.1 Å². The maximum Gasteiger partial charge on any atom is 0.155 e. The lowest BCUT2D eigenvalue weighted by Crippen LogP contribution is -2.95. The van der Waals surface area contributed by atoms with Gasteiger partial charge in [-0.25, -0.2) is 0 Å². The van der Waals surface area contributed by atoms with E-state index in [1.807, 2.05) is 23.5 Å². The largest absolute Gasteiger partial charge is 0.155 e. The van der Waals surface area contributed by atoms with Gasteiger partial charge in [-0.1, -0.05) is 214 Å². The van der Waals surface area contributed by atoms with Gasteiger partial charge in [-0.2, -0.15) is 0 Å². The van der Waals surface area contributed by atoms with Gasteiger partial charge in [0.25, 0.3) is 0 Å². The summed E-state index contributed by atoms with van der Waals surface area (Å²) >= 11 is 3.76. The molecule has 0 amide bonds. The Bertz CT molecular complexity index is 2280. The van der Waals surface area contributed by atoms with Crippen LogP contribution in [-0.4, -0.2) is 15.2 Å². The summed E-state index contributed by atoms with van der Waals surface area (Å²) in [6, 6.07) is 78.6. The molecule has 0 nitrogen and oxygen atoms in total. The monoisotopic (exact) mass is 760 g/mol. The van der Waals surface area contributed by atoms with Crippen LogP contribution >= 0.6 is 23.5 Å². The van der Waals surface area contributed by atoms with E-state index in [-0.39, 0.29) is 0 Å². The lowest BCUT2D eigenvalue weighted by atomic mass is 10.0. The predicted octanol–water partition coefficient (Wildman–Crippen LogP) is 9.31. The molecule has 0 saturated carbocycles. The second kappa shape index (κ2) is 14.6. The fourth-order valence-corrected chi connectivity index (χ4v) is 30.9. The van der Waals surface area contributed by atoms with E-state index in [2.05, 4.69) is 220 Å². The number of hydrogen-bond acceptors (Lipinski definition) is 2. The molecule has 0 radical (unpaired) electrons. The number of rotatable bonds is 8. The van der Waals surface area contributed by atoms with Crippen LogP contribution in [0.3, 0.4) is 0 Å². The first-order chi connectivity index (χ1) is 26.6. The topological polar surface area (TPSA) is 0 Å². The number of fused-ring (bicyclic) bond motifs is 3. The molecule has 0 spiro atoms. The van der Waals surface area contributed by atoms with Gasteiger partial charge < -0.3 is 0 Å². The molecule has 1 heterocycles. The lowest BCUT2D eigenvalue weighted by molar-refractivity contribution is 1.28. The minimum absolute atomic E-state index is 1.26. The molecule has 4 heteroatoms. The molecule has 1 aliphatic rings. The van der Waals surface area contributed by atoms with E-state index in [9.17, 15) is 0 Å². The molecule has 0 fully saturated rings. The van der Waals surface area contributed by atoms with Crippen molar-refractivity contribution in [3.8, 4) is 11.1 Å². The van der Waals surface area contributed by atoms with E-state index >= 15 is 0 Å². The Morgan fingerprint density at radius 1 is 0.315 bits per heavy atom. The molecule has 0 saturated heterocycles. The number of aryl methyl sites for hydroxylation is 2. The third kappa shape index (κ3) is 5.68. The maximum atomic E-state index is 2.62. The zero-order chi connectivity index (χ0) is 36.5. The standard InChI is InChI=1S/C50H40S2Si2/c1-37-33-49-45(35-47(37)51-39-21-9-3-10-22-39)46-36-48(52-40-23-11-4-12-24-40)38(2)34-50(46)54(43-29-17-7-18-30-43,44-31-19-8-20-32-44)53(49,41-25-13-5-14-26-41)42-27-15-6-16-28-42/h3-36H,1-2H3. The van der Waals surface area contributed by atoms with E-state index in [0.717, 1.165) is 0 Å². The summed E-state index contributed by atoms with van der Waals surface area (Å²) in [7, 11) is -6.01. The second-order valence-electron chi connectivity index (χ2n) is 14.1. The molecular weight excluding hydrogens is 721 g/mol. The van der Waals surface area contributed by atoms with Crippen molar-refractivity contribution in [2.75, 3.05) is 0 Å². The minimum Gasteiger partial charge on any atom is -0.0898 e. The summed E-state index contributed by atoms with van der Waals surface area (Å²) < 4.78 is 0. The Labute approximate surface area is 329 Å². The molecule has 0 aromatic heterocycles. The van der Waals surface area contributed by atoms with Crippen LogP contribution in [0.15, 0.2) is 226 Å². The van der Waals surface area contributed by atoms with Gasteiger partial charge >= 0.3 is 0 Å². The highest BCUT2D eigenvalue weighted by Gasteiger charge is 2.65. The van der Waals surface area contributed by atoms with Crippen molar-refractivity contribution in [3.63, 3.8) is 0 Å². The van der Waals surface area contributed by atoms with Crippen LogP contribution in [0.25, 0.3) is 11.1 Å². The predicted molar refractivity (Wildman–Crippen MR) is 238 cm³/mol. The number of hydrogen-bond donors (Lipinski definition) is 0. The van der Waals surface area contributed by atoms with Gasteiger partial charge in [0, 0.05) is 19.6 Å². The molecule has 54 heavy (non-hydrogen) atoms. The fraction of sp³-hybridized carbons (Fsp3) is 0.0400. The third-order valence-electron chi connectivity index (χ3n) is 11.1. The van der Waals surface area contributed by atoms with Crippen molar-refractivity contribution < 1.29 is 0 Å². The molecule has 9 rings (SSSR count). The van der Waals surface area contributed by atoms with Crippen molar-refractivity contribution in [2.24, 2.45) is 0 Å². The van der Waals surface area contributed by atoms with Gasteiger partial charge in [0.1, 0.15) is 0 Å². The first-order valence-electron chi connectivity index (χ1n) is 18.6. The molecule has 0 atom stereocenters. The van der Waals surface area contributed by atoms with Crippen molar-refractivity contribution in [3.05, 3.63) is 217 Å². The average molecular weight is 761 g/mol. The Balaban J connectivity index is 1.49. The normalized spacial score (nSPS) is 13.8. The Kier molecular flexibility index (Phi) is 9.38. The Morgan fingerprint density at radius 2 is 0.574 bits per heavy atom. The summed E-state index contributed by atoms with van der Waals surface area (Å²) in [5.41, 5.74) is 5.39. The molecule has 1 aliphatic heterocycles. The lowest BCUT2D eigenvalue weighted by Gasteiger charge is -2.54. The van der Waals surface area contributed by atoms with Crippen LogP contribution in [0.4, 0.5) is 0 Å². The molecular formula is C50H40S2Si2. The molecule has 0 N–H and O–H groups in total. The molecule has 260 valence electrons. The first-order valence-corrected chi connectivity index (χ1v) is 25.2. The second-order valence-corrected chi connectivity index (χ2v) is 27.2. The van der Waals surface area contributed by atoms with Gasteiger partial charge in [-0.15, -0.1) is 0 Å². The van der Waals surface area contributed by atoms with Gasteiger partial charge in [0.2, 0.25) is 0 Å². The number of benzene rings is 8. The quantitative estimate of drug-likeness (QED) is 0.142. The van der Waals surface area contributed by atoms with E-state index in [0.29, 0.717) is 0 Å². The van der Waals surface area contributed by atoms with E-state index in [1.165, 1.54) is 73.0 Å². The van der Waals surface area contributed by atoms with E-state index in [4.69, 9.17) is 0 Å². The summed E-state index contributed by atoms with van der Waals surface area (Å²) in [5.74, 6) is 0. The van der Waals surface area contributed by atoms with E-state index < -0.39 is 15.2 Å². The fourth-order valence-electron chi connectivity index (χ4n) is 8.87. The van der Waals surface area contributed by atoms with Crippen LogP contribution in [-0.2, 0) is 0 Å². The highest BCUT2D eigenvalue weighted by atomic mass is 32.2. The Hall–Kier alpha value is -5.11. The average Bonchev–Trinajstić information content (AvgIpc) is 3.23. The first kappa shape index (κ1) is 34.6. The zero-order valence-corrected chi connectivity index (χ0v) is 34.1. The van der Waals surface area contributed by atoms with Crippen molar-refractivity contribution in [1.29, 1.82) is 0 Å². The highest BCUT2D eigenvalue weighted by Crippen LogP contribution is 2.41. The summed E-state index contributed by atoms with van der Waals surface area (Å²) in [5, 5.41) is 8.88. The summed E-state index contributed by atoms with van der Waals surface area (Å²) in [6.45, 7) is 4.66.